The van der Waals surface area contributed by atoms with Gasteiger partial charge in [0.15, 0.2) is 0 Å². The van der Waals surface area contributed by atoms with Crippen molar-refractivity contribution in [3.05, 3.63) is 34.9 Å². The molecule has 18 heavy (non-hydrogen) atoms. The van der Waals surface area contributed by atoms with Crippen LogP contribution < -0.4 is 5.73 Å². The minimum absolute atomic E-state index is 0.579. The van der Waals surface area contributed by atoms with Crippen molar-refractivity contribution in [1.82, 2.24) is 4.90 Å². The Kier molecular flexibility index (Phi) is 4.79. The molecule has 1 aromatic carbocycles. The van der Waals surface area contributed by atoms with E-state index in [1.165, 1.54) is 49.0 Å². The molecule has 0 aliphatic carbocycles. The van der Waals surface area contributed by atoms with Gasteiger partial charge in [-0.1, -0.05) is 18.2 Å². The van der Waals surface area contributed by atoms with Gasteiger partial charge in [-0.15, -0.1) is 0 Å². The quantitative estimate of drug-likeness (QED) is 0.864. The molecule has 2 N–H and O–H groups in total. The number of aryl methyl sites for hydroxylation is 2. The van der Waals surface area contributed by atoms with E-state index in [1.807, 2.05) is 0 Å². The first-order valence-corrected chi connectivity index (χ1v) is 7.23. The molecule has 0 bridgehead atoms. The first kappa shape index (κ1) is 13.6. The Hall–Kier alpha value is -0.860. The third kappa shape index (κ3) is 3.12. The summed E-state index contributed by atoms with van der Waals surface area (Å²) in [5.74, 6) is 0. The molecule has 0 spiro atoms. The van der Waals surface area contributed by atoms with Gasteiger partial charge in [0.25, 0.3) is 0 Å². The van der Waals surface area contributed by atoms with Crippen molar-refractivity contribution in [2.75, 3.05) is 19.6 Å². The molecule has 100 valence electrons. The van der Waals surface area contributed by atoms with E-state index in [0.717, 1.165) is 13.0 Å². The lowest BCUT2D eigenvalue weighted by molar-refractivity contribution is 0.231. The number of nitrogens with zero attached hydrogens (tertiary/aromatic N) is 1. The van der Waals surface area contributed by atoms with Crippen molar-refractivity contribution in [2.45, 2.75) is 45.6 Å². The zero-order valence-corrected chi connectivity index (χ0v) is 11.8. The molecule has 1 unspecified atom stereocenters. The summed E-state index contributed by atoms with van der Waals surface area (Å²) in [5.41, 5.74) is 9.96. The number of benzene rings is 1. The third-order valence-corrected chi connectivity index (χ3v) is 4.18. The number of rotatable bonds is 5. The molecule has 2 heteroatoms. The molecular weight excluding hydrogens is 220 g/mol. The second-order valence-corrected chi connectivity index (χ2v) is 5.53. The highest BCUT2D eigenvalue weighted by Crippen LogP contribution is 2.30. The molecule has 1 fully saturated rings. The normalized spacial score (nSPS) is 18.2. The maximum Gasteiger partial charge on any atom is 0.0348 e. The smallest absolute Gasteiger partial charge is 0.0348 e. The SMILES string of the molecule is Cc1ccc(C(CCCN)N2CCCC2)cc1C. The summed E-state index contributed by atoms with van der Waals surface area (Å²) in [7, 11) is 0. The van der Waals surface area contributed by atoms with E-state index in [-0.39, 0.29) is 0 Å². The molecule has 2 nitrogen and oxygen atoms in total. The Bertz CT molecular complexity index is 381. The number of hydrogen-bond donors (Lipinski definition) is 1. The lowest BCUT2D eigenvalue weighted by atomic mass is 9.97. The highest BCUT2D eigenvalue weighted by Gasteiger charge is 2.22. The maximum atomic E-state index is 5.69. The third-order valence-electron chi connectivity index (χ3n) is 4.18. The topological polar surface area (TPSA) is 29.3 Å². The van der Waals surface area contributed by atoms with Crippen LogP contribution in [0.1, 0.15) is 48.4 Å². The summed E-state index contributed by atoms with van der Waals surface area (Å²) in [5, 5.41) is 0. The molecular formula is C16H26N2. The molecule has 0 saturated carbocycles. The molecule has 1 aliphatic rings. The van der Waals surface area contributed by atoms with Gasteiger partial charge < -0.3 is 5.73 Å². The second kappa shape index (κ2) is 6.35. The van der Waals surface area contributed by atoms with Crippen LogP contribution >= 0.6 is 0 Å². The van der Waals surface area contributed by atoms with Crippen molar-refractivity contribution in [3.63, 3.8) is 0 Å². The lowest BCUT2D eigenvalue weighted by Crippen LogP contribution is -2.26. The summed E-state index contributed by atoms with van der Waals surface area (Å²) in [6, 6.07) is 7.52. The van der Waals surface area contributed by atoms with Gasteiger partial charge in [0.1, 0.15) is 0 Å². The number of likely N-dealkylation sites (tertiary alicyclic amines) is 1. The van der Waals surface area contributed by atoms with Crippen LogP contribution in [-0.2, 0) is 0 Å². The Morgan fingerprint density at radius 3 is 2.50 bits per heavy atom. The Balaban J connectivity index is 2.17. The highest BCUT2D eigenvalue weighted by molar-refractivity contribution is 5.31. The number of hydrogen-bond acceptors (Lipinski definition) is 2. The van der Waals surface area contributed by atoms with Crippen LogP contribution in [0.3, 0.4) is 0 Å². The highest BCUT2D eigenvalue weighted by atomic mass is 15.2. The van der Waals surface area contributed by atoms with Crippen molar-refractivity contribution in [3.8, 4) is 0 Å². The van der Waals surface area contributed by atoms with Crippen LogP contribution in [0.4, 0.5) is 0 Å². The second-order valence-electron chi connectivity index (χ2n) is 5.53. The number of nitrogens with two attached hydrogens (primary N) is 1. The largest absolute Gasteiger partial charge is 0.330 e. The molecule has 1 aliphatic heterocycles. The fraction of sp³-hybridized carbons (Fsp3) is 0.625. The molecule has 0 radical (unpaired) electrons. The standard InChI is InChI=1S/C16H26N2/c1-13-7-8-15(12-14(13)2)16(6-5-9-17)18-10-3-4-11-18/h7-8,12,16H,3-6,9-11,17H2,1-2H3. The fourth-order valence-electron chi connectivity index (χ4n) is 2.90. The predicted octanol–water partition coefficient (Wildman–Crippen LogP) is 3.18. The van der Waals surface area contributed by atoms with E-state index < -0.39 is 0 Å². The minimum atomic E-state index is 0.579. The molecule has 0 amide bonds. The van der Waals surface area contributed by atoms with Crippen molar-refractivity contribution in [2.24, 2.45) is 5.73 Å². The molecule has 2 rings (SSSR count). The van der Waals surface area contributed by atoms with Gasteiger partial charge in [-0.2, -0.15) is 0 Å². The summed E-state index contributed by atoms with van der Waals surface area (Å²) in [6.07, 6.45) is 5.01. The van der Waals surface area contributed by atoms with E-state index in [2.05, 4.69) is 36.9 Å². The molecule has 0 aromatic heterocycles. The van der Waals surface area contributed by atoms with Crippen molar-refractivity contribution < 1.29 is 0 Å². The van der Waals surface area contributed by atoms with Crippen LogP contribution in [0.5, 0.6) is 0 Å². The summed E-state index contributed by atoms with van der Waals surface area (Å²) in [4.78, 5) is 2.64. The summed E-state index contributed by atoms with van der Waals surface area (Å²) < 4.78 is 0. The minimum Gasteiger partial charge on any atom is -0.330 e. The Morgan fingerprint density at radius 1 is 1.17 bits per heavy atom. The van der Waals surface area contributed by atoms with Gasteiger partial charge in [-0.05, 0) is 75.9 Å². The van der Waals surface area contributed by atoms with Gasteiger partial charge in [0, 0.05) is 6.04 Å². The average Bonchev–Trinajstić information content (AvgIpc) is 2.88. The van der Waals surface area contributed by atoms with Crippen LogP contribution in [0.25, 0.3) is 0 Å². The van der Waals surface area contributed by atoms with Crippen LogP contribution in [0.2, 0.25) is 0 Å². The Morgan fingerprint density at radius 2 is 1.89 bits per heavy atom. The van der Waals surface area contributed by atoms with E-state index in [1.54, 1.807) is 0 Å². The van der Waals surface area contributed by atoms with Crippen molar-refractivity contribution >= 4 is 0 Å². The zero-order chi connectivity index (χ0) is 13.0. The first-order valence-electron chi connectivity index (χ1n) is 7.23. The van der Waals surface area contributed by atoms with E-state index in [4.69, 9.17) is 5.73 Å². The monoisotopic (exact) mass is 246 g/mol. The average molecular weight is 246 g/mol. The van der Waals surface area contributed by atoms with E-state index in [0.29, 0.717) is 6.04 Å². The maximum absolute atomic E-state index is 5.69. The Labute approximate surface area is 111 Å². The fourth-order valence-corrected chi connectivity index (χ4v) is 2.90. The summed E-state index contributed by atoms with van der Waals surface area (Å²) in [6.45, 7) is 7.70. The first-order chi connectivity index (χ1) is 8.72. The van der Waals surface area contributed by atoms with Crippen LogP contribution in [0, 0.1) is 13.8 Å². The lowest BCUT2D eigenvalue weighted by Gasteiger charge is -2.28. The predicted molar refractivity (Wildman–Crippen MR) is 77.8 cm³/mol. The summed E-state index contributed by atoms with van der Waals surface area (Å²) >= 11 is 0. The van der Waals surface area contributed by atoms with E-state index in [9.17, 15) is 0 Å². The zero-order valence-electron chi connectivity index (χ0n) is 11.8. The van der Waals surface area contributed by atoms with Gasteiger partial charge in [-0.3, -0.25) is 4.90 Å². The van der Waals surface area contributed by atoms with Crippen LogP contribution in [0.15, 0.2) is 18.2 Å². The van der Waals surface area contributed by atoms with Gasteiger partial charge in [0.2, 0.25) is 0 Å². The van der Waals surface area contributed by atoms with Gasteiger partial charge >= 0.3 is 0 Å². The van der Waals surface area contributed by atoms with Gasteiger partial charge in [0.05, 0.1) is 0 Å². The molecule has 1 saturated heterocycles. The molecule has 1 atom stereocenters. The van der Waals surface area contributed by atoms with E-state index >= 15 is 0 Å². The van der Waals surface area contributed by atoms with Crippen LogP contribution in [-0.4, -0.2) is 24.5 Å². The van der Waals surface area contributed by atoms with Crippen molar-refractivity contribution in [1.29, 1.82) is 0 Å². The molecule has 1 aromatic rings. The van der Waals surface area contributed by atoms with Gasteiger partial charge in [-0.25, -0.2) is 0 Å². The molecule has 1 heterocycles.